The molecule has 2 rings (SSSR count). The third-order valence-electron chi connectivity index (χ3n) is 3.82. The molecule has 0 radical (unpaired) electrons. The van der Waals surface area contributed by atoms with Gasteiger partial charge in [-0.3, -0.25) is 0 Å². The molecule has 0 unspecified atom stereocenters. The van der Waals surface area contributed by atoms with Crippen molar-refractivity contribution in [1.82, 2.24) is 20.1 Å². The van der Waals surface area contributed by atoms with Crippen molar-refractivity contribution in [2.75, 3.05) is 0 Å². The van der Waals surface area contributed by atoms with Gasteiger partial charge in [-0.2, -0.15) is 18.3 Å². The van der Waals surface area contributed by atoms with Crippen LogP contribution in [0.1, 0.15) is 37.9 Å². The molecule has 1 amide bonds. The number of benzene rings is 1. The average Bonchev–Trinajstić information content (AvgIpc) is 3.12. The van der Waals surface area contributed by atoms with Gasteiger partial charge in [0.05, 0.1) is 24.3 Å². The molecule has 2 aromatic rings. The number of halogens is 4. The molecule has 0 aliphatic carbocycles. The van der Waals surface area contributed by atoms with E-state index >= 15 is 0 Å². The number of alkyl halides is 3. The molecule has 30 heavy (non-hydrogen) atoms. The van der Waals surface area contributed by atoms with Gasteiger partial charge in [-0.05, 0) is 38.5 Å². The molecule has 0 aliphatic heterocycles. The highest BCUT2D eigenvalue weighted by Crippen LogP contribution is 2.32. The van der Waals surface area contributed by atoms with Crippen molar-refractivity contribution < 1.29 is 36.6 Å². The highest BCUT2D eigenvalue weighted by Gasteiger charge is 2.34. The van der Waals surface area contributed by atoms with E-state index in [4.69, 9.17) is 9.47 Å². The number of aromatic nitrogens is 3. The fraction of sp³-hybridized carbons (Fsp3) is 0.444. The van der Waals surface area contributed by atoms with Crippen LogP contribution in [0.4, 0.5) is 22.4 Å². The first-order valence-electron chi connectivity index (χ1n) is 8.84. The standard InChI is InChI=1S/C18H20F4N4O4/c1-10(2)29-16(27)15(7-26-9-23-8-24-26)30-17(28)25-11(3)12-4-5-13(14(19)6-12)18(20,21)22/h4-6,8-11,15H,7H2,1-3H3,(H,25,28)/t11-,15+/m0/s1. The number of ether oxygens (including phenoxy) is 2. The number of nitrogens with one attached hydrogen (secondary N) is 1. The number of rotatable bonds is 7. The minimum absolute atomic E-state index is 0.0787. The molecular weight excluding hydrogens is 412 g/mol. The summed E-state index contributed by atoms with van der Waals surface area (Å²) in [5.74, 6) is -2.28. The summed E-state index contributed by atoms with van der Waals surface area (Å²) in [6, 6.07) is 1.40. The van der Waals surface area contributed by atoms with Crippen LogP contribution in [-0.2, 0) is 27.0 Å². The number of hydrogen-bond acceptors (Lipinski definition) is 6. The minimum atomic E-state index is -4.83. The molecule has 164 valence electrons. The largest absolute Gasteiger partial charge is 0.460 e. The predicted octanol–water partition coefficient (Wildman–Crippen LogP) is 3.24. The molecule has 0 aliphatic rings. The van der Waals surface area contributed by atoms with Crippen molar-refractivity contribution in [3.05, 3.63) is 47.8 Å². The lowest BCUT2D eigenvalue weighted by Gasteiger charge is -2.20. The first-order chi connectivity index (χ1) is 14.0. The molecule has 0 saturated carbocycles. The van der Waals surface area contributed by atoms with E-state index < -0.39 is 47.9 Å². The van der Waals surface area contributed by atoms with Gasteiger partial charge >= 0.3 is 18.2 Å². The fourth-order valence-corrected chi connectivity index (χ4v) is 2.42. The summed E-state index contributed by atoms with van der Waals surface area (Å²) in [7, 11) is 0. The highest BCUT2D eigenvalue weighted by molar-refractivity contribution is 5.79. The molecule has 0 spiro atoms. The van der Waals surface area contributed by atoms with E-state index in [1.54, 1.807) is 13.8 Å². The molecule has 0 fully saturated rings. The Morgan fingerprint density at radius 2 is 1.90 bits per heavy atom. The summed E-state index contributed by atoms with van der Waals surface area (Å²) in [5.41, 5.74) is -1.33. The van der Waals surface area contributed by atoms with E-state index in [-0.39, 0.29) is 12.1 Å². The van der Waals surface area contributed by atoms with Gasteiger partial charge in [-0.15, -0.1) is 0 Å². The second-order valence-corrected chi connectivity index (χ2v) is 6.60. The van der Waals surface area contributed by atoms with Crippen LogP contribution in [0.3, 0.4) is 0 Å². The van der Waals surface area contributed by atoms with Crippen LogP contribution in [0.25, 0.3) is 0 Å². The van der Waals surface area contributed by atoms with Crippen LogP contribution >= 0.6 is 0 Å². The van der Waals surface area contributed by atoms with Crippen LogP contribution in [0, 0.1) is 5.82 Å². The minimum Gasteiger partial charge on any atom is -0.460 e. The van der Waals surface area contributed by atoms with Gasteiger partial charge in [0.25, 0.3) is 0 Å². The van der Waals surface area contributed by atoms with E-state index in [9.17, 15) is 27.2 Å². The van der Waals surface area contributed by atoms with Crippen molar-refractivity contribution >= 4 is 12.1 Å². The van der Waals surface area contributed by atoms with E-state index in [1.807, 2.05) is 0 Å². The van der Waals surface area contributed by atoms with Crippen molar-refractivity contribution in [1.29, 1.82) is 0 Å². The zero-order chi connectivity index (χ0) is 22.5. The lowest BCUT2D eigenvalue weighted by molar-refractivity contribution is -0.158. The molecule has 1 aromatic heterocycles. The molecule has 0 bridgehead atoms. The molecule has 1 aromatic carbocycles. The number of hydrogen-bond donors (Lipinski definition) is 1. The Morgan fingerprint density at radius 3 is 2.43 bits per heavy atom. The summed E-state index contributed by atoms with van der Waals surface area (Å²) < 4.78 is 63.2. The van der Waals surface area contributed by atoms with Gasteiger partial charge in [0.2, 0.25) is 6.10 Å². The Hall–Kier alpha value is -3.18. The fourth-order valence-electron chi connectivity index (χ4n) is 2.42. The van der Waals surface area contributed by atoms with E-state index in [1.165, 1.54) is 24.3 Å². The number of carbonyl (C=O) groups excluding carboxylic acids is 2. The highest BCUT2D eigenvalue weighted by atomic mass is 19.4. The zero-order valence-corrected chi connectivity index (χ0v) is 16.3. The van der Waals surface area contributed by atoms with Crippen LogP contribution in [0.5, 0.6) is 0 Å². The molecule has 1 N–H and O–H groups in total. The summed E-state index contributed by atoms with van der Waals surface area (Å²) in [5, 5.41) is 6.16. The van der Waals surface area contributed by atoms with Gasteiger partial charge < -0.3 is 14.8 Å². The third-order valence-corrected chi connectivity index (χ3v) is 3.82. The van der Waals surface area contributed by atoms with E-state index in [2.05, 4.69) is 15.4 Å². The number of esters is 1. The van der Waals surface area contributed by atoms with Crippen LogP contribution in [-0.4, -0.2) is 39.0 Å². The molecule has 12 heteroatoms. The van der Waals surface area contributed by atoms with Crippen LogP contribution in [0.15, 0.2) is 30.9 Å². The summed E-state index contributed by atoms with van der Waals surface area (Å²) in [4.78, 5) is 28.1. The smallest absolute Gasteiger partial charge is 0.419 e. The monoisotopic (exact) mass is 432 g/mol. The van der Waals surface area contributed by atoms with Gasteiger partial charge in [0.15, 0.2) is 0 Å². The van der Waals surface area contributed by atoms with Crippen LogP contribution in [0.2, 0.25) is 0 Å². The predicted molar refractivity (Wildman–Crippen MR) is 94.5 cm³/mol. The summed E-state index contributed by atoms with van der Waals surface area (Å²) >= 11 is 0. The second-order valence-electron chi connectivity index (χ2n) is 6.60. The Kier molecular flexibility index (Phi) is 7.35. The summed E-state index contributed by atoms with van der Waals surface area (Å²) in [6.45, 7) is 4.49. The molecule has 1 heterocycles. The number of nitrogens with zero attached hydrogens (tertiary/aromatic N) is 3. The molecule has 8 nitrogen and oxygen atoms in total. The maximum atomic E-state index is 13.8. The first kappa shape index (κ1) is 23.1. The van der Waals surface area contributed by atoms with E-state index in [0.717, 1.165) is 6.07 Å². The van der Waals surface area contributed by atoms with Gasteiger partial charge in [-0.1, -0.05) is 6.07 Å². The lowest BCUT2D eigenvalue weighted by atomic mass is 10.1. The van der Waals surface area contributed by atoms with Crippen molar-refractivity contribution in [2.24, 2.45) is 0 Å². The Balaban J connectivity index is 2.06. The van der Waals surface area contributed by atoms with Gasteiger partial charge in [-0.25, -0.2) is 23.6 Å². The SMILES string of the molecule is CC(C)OC(=O)[C@@H](Cn1cncn1)OC(=O)N[C@@H](C)c1ccc(C(F)(F)F)c(F)c1. The zero-order valence-electron chi connectivity index (χ0n) is 16.3. The number of carbonyl (C=O) groups is 2. The van der Waals surface area contributed by atoms with Crippen LogP contribution < -0.4 is 5.32 Å². The second kappa shape index (κ2) is 9.55. The molecule has 0 saturated heterocycles. The maximum absolute atomic E-state index is 13.8. The Bertz CT molecular complexity index is 872. The normalized spacial score (nSPS) is 13.6. The maximum Gasteiger partial charge on any atom is 0.419 e. The van der Waals surface area contributed by atoms with E-state index in [0.29, 0.717) is 12.1 Å². The number of amides is 1. The van der Waals surface area contributed by atoms with Crippen molar-refractivity contribution in [2.45, 2.75) is 51.7 Å². The van der Waals surface area contributed by atoms with Crippen molar-refractivity contribution in [3.8, 4) is 0 Å². The first-order valence-corrected chi connectivity index (χ1v) is 8.84. The summed E-state index contributed by atoms with van der Waals surface area (Å²) in [6.07, 6.45) is -5.16. The Labute approximate surface area is 169 Å². The molecule has 2 atom stereocenters. The van der Waals surface area contributed by atoms with Gasteiger partial charge in [0.1, 0.15) is 18.5 Å². The van der Waals surface area contributed by atoms with Crippen molar-refractivity contribution in [3.63, 3.8) is 0 Å². The third kappa shape index (κ3) is 6.42. The number of alkyl carbamates (subject to hydrolysis) is 1. The average molecular weight is 432 g/mol. The van der Waals surface area contributed by atoms with Gasteiger partial charge in [0, 0.05) is 0 Å². The Morgan fingerprint density at radius 1 is 1.20 bits per heavy atom. The molecular formula is C18H20F4N4O4. The topological polar surface area (TPSA) is 95.3 Å². The quantitative estimate of drug-likeness (QED) is 0.533. The lowest BCUT2D eigenvalue weighted by Crippen LogP contribution is -2.39.